The molecule has 9 nitrogen and oxygen atoms in total. The molecule has 4 N–H and O–H groups in total. The first-order valence-electron chi connectivity index (χ1n) is 30.6. The summed E-state index contributed by atoms with van der Waals surface area (Å²) in [6, 6.07) is 26.7. The molecule has 5 rings (SSSR count). The van der Waals surface area contributed by atoms with Crippen LogP contribution in [0.4, 0.5) is 0 Å². The third-order valence-corrected chi connectivity index (χ3v) is 18.2. The maximum atomic E-state index is 11.4. The monoisotopic (exact) mass is 1090 g/mol. The van der Waals surface area contributed by atoms with Gasteiger partial charge in [0.05, 0.1) is 18.3 Å². The molecule has 0 aliphatic carbocycles. The first-order valence-corrected chi connectivity index (χ1v) is 30.6. The molecule has 4 aromatic rings. The fourth-order valence-corrected chi connectivity index (χ4v) is 12.0. The molecular weight excluding hydrogens is 985 g/mol. The van der Waals surface area contributed by atoms with Crippen molar-refractivity contribution in [1.29, 1.82) is 0 Å². The quantitative estimate of drug-likeness (QED) is 0.0271. The lowest BCUT2D eigenvalue weighted by Crippen LogP contribution is -2.30. The van der Waals surface area contributed by atoms with Gasteiger partial charge in [-0.15, -0.1) is 0 Å². The zero-order valence-electron chi connectivity index (χ0n) is 51.6. The molecule has 0 aromatic heterocycles. The summed E-state index contributed by atoms with van der Waals surface area (Å²) in [5, 5.41) is 40.8. The number of unbranched alkanes of at least 4 members (excludes halogenated alkanes) is 4. The number of hydrogen-bond donors (Lipinski definition) is 4. The van der Waals surface area contributed by atoms with Crippen molar-refractivity contribution in [2.45, 2.75) is 261 Å². The molecule has 9 heteroatoms. The van der Waals surface area contributed by atoms with Gasteiger partial charge in [-0.3, -0.25) is 9.59 Å². The van der Waals surface area contributed by atoms with Crippen molar-refractivity contribution in [1.82, 2.24) is 0 Å². The van der Waals surface area contributed by atoms with Gasteiger partial charge < -0.3 is 34.6 Å². The van der Waals surface area contributed by atoms with Crippen LogP contribution in [-0.4, -0.2) is 70.0 Å². The predicted octanol–water partition coefficient (Wildman–Crippen LogP) is 16.3. The summed E-state index contributed by atoms with van der Waals surface area (Å²) in [6.45, 7) is 31.3. The van der Waals surface area contributed by atoms with E-state index in [2.05, 4.69) is 157 Å². The second-order valence-corrected chi connectivity index (χ2v) is 24.7. The molecule has 79 heavy (non-hydrogen) atoms. The normalized spacial score (nSPS) is 15.3. The number of rotatable bonds is 33. The Morgan fingerprint density at radius 2 is 0.987 bits per heavy atom. The van der Waals surface area contributed by atoms with Crippen molar-refractivity contribution in [3.8, 4) is 11.5 Å². The number of ether oxygens (including phenoxy) is 3. The minimum Gasteiger partial charge on any atom is -0.491 e. The third kappa shape index (κ3) is 18.7. The molecule has 0 radical (unpaired) electrons. The first kappa shape index (κ1) is 66.8. The molecule has 0 amide bonds. The molecule has 1 saturated heterocycles. The molecule has 4 aromatic carbocycles. The standard InChI is InChI=1S/C35H54O5.C35H52O4/c1-8-11-12-21-34(6,7)32(37)19-14-27-13-15-28(22-25(27)4)35(9-2,10-3)29-16-18-31(26(5)23-29)40-24-30(36)17-20-33(38)39;1-8-11-12-21-34(6,7)32(36)19-14-27-13-15-28(22-25(27)4)35(9-2,10-3)29-16-18-31(26(5)23-29)38-24-30-17-20-33(37)39-30/h13,15-16,18,22-23,30,32,36-37H,8-12,14,17,19-21,24H2,1-7H3,(H,38,39);13,15-16,18,22-23,30,32,36H,8-12,14,17,19-21,24H2,1-7H3/t2*30-,32?/m00/s1. The number of benzene rings is 4. The number of aliphatic carboxylic acids is 1. The summed E-state index contributed by atoms with van der Waals surface area (Å²) < 4.78 is 17.2. The molecule has 1 heterocycles. The largest absolute Gasteiger partial charge is 0.491 e. The van der Waals surface area contributed by atoms with Crippen LogP contribution < -0.4 is 9.47 Å². The van der Waals surface area contributed by atoms with E-state index in [0.29, 0.717) is 18.8 Å². The highest BCUT2D eigenvalue weighted by atomic mass is 16.6. The maximum Gasteiger partial charge on any atom is 0.306 e. The zero-order valence-corrected chi connectivity index (χ0v) is 51.6. The van der Waals surface area contributed by atoms with Gasteiger partial charge in [-0.2, -0.15) is 0 Å². The molecular formula is C70H106O9. The highest BCUT2D eigenvalue weighted by molar-refractivity contribution is 5.71. The fourth-order valence-electron chi connectivity index (χ4n) is 12.0. The average Bonchev–Trinajstić information content (AvgIpc) is 3.90. The molecule has 2 unspecified atom stereocenters. The second kappa shape index (κ2) is 31.5. The Hall–Kier alpha value is -4.70. The minimum absolute atomic E-state index is 0.0438. The van der Waals surface area contributed by atoms with Crippen LogP contribution in [0.1, 0.15) is 240 Å². The predicted molar refractivity (Wildman–Crippen MR) is 325 cm³/mol. The van der Waals surface area contributed by atoms with E-state index in [1.165, 1.54) is 83.0 Å². The number of aliphatic hydroxyl groups is 3. The molecule has 1 aliphatic heterocycles. The van der Waals surface area contributed by atoms with Crippen LogP contribution in [0.3, 0.4) is 0 Å². The van der Waals surface area contributed by atoms with Crippen LogP contribution >= 0.6 is 0 Å². The lowest BCUT2D eigenvalue weighted by Gasteiger charge is -2.34. The van der Waals surface area contributed by atoms with Crippen molar-refractivity contribution in [2.24, 2.45) is 10.8 Å². The maximum absolute atomic E-state index is 11.4. The van der Waals surface area contributed by atoms with E-state index in [-0.39, 0.29) is 65.4 Å². The summed E-state index contributed by atoms with van der Waals surface area (Å²) in [6.07, 6.45) is 16.4. The van der Waals surface area contributed by atoms with Crippen LogP contribution in [0, 0.1) is 38.5 Å². The van der Waals surface area contributed by atoms with Crippen molar-refractivity contribution >= 4 is 11.9 Å². The van der Waals surface area contributed by atoms with Gasteiger partial charge in [0.15, 0.2) is 0 Å². The minimum atomic E-state index is -0.919. The average molecular weight is 1090 g/mol. The number of carboxylic acids is 1. The van der Waals surface area contributed by atoms with E-state index in [0.717, 1.165) is 87.5 Å². The Morgan fingerprint density at radius 3 is 1.34 bits per heavy atom. The van der Waals surface area contributed by atoms with Crippen LogP contribution in [0.25, 0.3) is 0 Å². The van der Waals surface area contributed by atoms with E-state index in [1.54, 1.807) is 0 Å². The number of carboxylic acid groups (broad SMARTS) is 1. The lowest BCUT2D eigenvalue weighted by atomic mass is 9.69. The Kier molecular flexibility index (Phi) is 26.6. The van der Waals surface area contributed by atoms with Crippen molar-refractivity contribution in [3.05, 3.63) is 128 Å². The first-order chi connectivity index (χ1) is 37.5. The van der Waals surface area contributed by atoms with Gasteiger partial charge in [-0.05, 0) is 183 Å². The topological polar surface area (TPSA) is 143 Å². The van der Waals surface area contributed by atoms with Gasteiger partial charge >= 0.3 is 11.9 Å². The lowest BCUT2D eigenvalue weighted by molar-refractivity contribution is -0.142. The van der Waals surface area contributed by atoms with Crippen LogP contribution in [0.2, 0.25) is 0 Å². The van der Waals surface area contributed by atoms with E-state index in [9.17, 15) is 24.9 Å². The number of carbonyl (C=O) groups excluding carboxylic acids is 1. The molecule has 4 atom stereocenters. The summed E-state index contributed by atoms with van der Waals surface area (Å²) in [4.78, 5) is 22.1. The van der Waals surface area contributed by atoms with Crippen molar-refractivity contribution in [3.63, 3.8) is 0 Å². The van der Waals surface area contributed by atoms with E-state index in [4.69, 9.17) is 19.3 Å². The van der Waals surface area contributed by atoms with Crippen molar-refractivity contribution in [2.75, 3.05) is 13.2 Å². The summed E-state index contributed by atoms with van der Waals surface area (Å²) >= 11 is 0. The molecule has 440 valence electrons. The number of hydrogen-bond acceptors (Lipinski definition) is 8. The highest BCUT2D eigenvalue weighted by Gasteiger charge is 2.34. The SMILES string of the molecule is CCCCCC(C)(C)C(O)CCc1ccc(C(CC)(CC)c2ccc(OC[C@@H](O)CCC(=O)O)c(C)c2)cc1C.CCCCCC(C)(C)C(O)CCc1ccc(C(CC)(CC)c2ccc(OC[C@@H]3CCC(=O)O3)c(C)c2)cc1C. The molecule has 0 spiro atoms. The molecule has 0 bridgehead atoms. The summed E-state index contributed by atoms with van der Waals surface area (Å²) in [5.41, 5.74) is 12.2. The Balaban J connectivity index is 0.000000341. The number of cyclic esters (lactones) is 1. The van der Waals surface area contributed by atoms with Gasteiger partial charge in [-0.1, -0.05) is 168 Å². The number of aliphatic hydroxyl groups excluding tert-OH is 3. The smallest absolute Gasteiger partial charge is 0.306 e. The Labute approximate surface area is 478 Å². The Morgan fingerprint density at radius 1 is 0.582 bits per heavy atom. The van der Waals surface area contributed by atoms with E-state index in [1.807, 2.05) is 13.0 Å². The summed E-state index contributed by atoms with van der Waals surface area (Å²) in [7, 11) is 0. The van der Waals surface area contributed by atoms with Gasteiger partial charge in [-0.25, -0.2) is 0 Å². The van der Waals surface area contributed by atoms with Gasteiger partial charge in [0, 0.05) is 23.7 Å². The molecule has 1 aliphatic rings. The van der Waals surface area contributed by atoms with Crippen LogP contribution in [-0.2, 0) is 38.0 Å². The highest BCUT2D eigenvalue weighted by Crippen LogP contribution is 2.43. The zero-order chi connectivity index (χ0) is 58.6. The van der Waals surface area contributed by atoms with Crippen molar-refractivity contribution < 1.29 is 44.2 Å². The molecule has 1 fully saturated rings. The third-order valence-electron chi connectivity index (χ3n) is 18.2. The second-order valence-electron chi connectivity index (χ2n) is 24.7. The van der Waals surface area contributed by atoms with Gasteiger partial charge in [0.2, 0.25) is 0 Å². The van der Waals surface area contributed by atoms with E-state index < -0.39 is 12.1 Å². The van der Waals surface area contributed by atoms with Crippen LogP contribution in [0.15, 0.2) is 72.8 Å². The number of esters is 1. The van der Waals surface area contributed by atoms with Gasteiger partial charge in [0.25, 0.3) is 0 Å². The number of carbonyl (C=O) groups is 2. The van der Waals surface area contributed by atoms with Crippen LogP contribution in [0.5, 0.6) is 11.5 Å². The van der Waals surface area contributed by atoms with E-state index >= 15 is 0 Å². The fraction of sp³-hybridized carbons (Fsp3) is 0.629. The summed E-state index contributed by atoms with van der Waals surface area (Å²) in [5.74, 6) is 0.514. The Bertz CT molecular complexity index is 2500. The molecule has 0 saturated carbocycles. The van der Waals surface area contributed by atoms with Gasteiger partial charge in [0.1, 0.15) is 30.8 Å². The number of aryl methyl sites for hydroxylation is 6.